The summed E-state index contributed by atoms with van der Waals surface area (Å²) in [6.07, 6.45) is 0.484. The van der Waals surface area contributed by atoms with E-state index in [-0.39, 0.29) is 62.5 Å². The molecule has 16 N–H and O–H groups in total. The molecule has 3 heterocycles. The Morgan fingerprint density at radius 3 is 1.87 bits per heavy atom. The van der Waals surface area contributed by atoms with Gasteiger partial charge in [-0.25, -0.2) is 9.48 Å². The third-order valence-corrected chi connectivity index (χ3v) is 17.0. The first-order chi connectivity index (χ1) is 41.1. The molecule has 1 aromatic heterocycles. The van der Waals surface area contributed by atoms with Crippen molar-refractivity contribution in [2.24, 2.45) is 16.5 Å². The summed E-state index contributed by atoms with van der Waals surface area (Å²) in [6, 6.07) is -5.13. The quantitative estimate of drug-likeness (QED) is 0.0207. The number of amides is 9. The third-order valence-electron chi connectivity index (χ3n) is 12.2. The second-order valence-electron chi connectivity index (χ2n) is 19.2. The van der Waals surface area contributed by atoms with Crippen molar-refractivity contribution < 1.29 is 82.3 Å². The number of nitrogens with one attached hydrogen (secondary N) is 9. The molecule has 0 radical (unpaired) electrons. The van der Waals surface area contributed by atoms with E-state index in [1.165, 1.54) is 0 Å². The van der Waals surface area contributed by atoms with E-state index in [2.05, 4.69) is 63.2 Å². The van der Waals surface area contributed by atoms with Crippen LogP contribution in [-0.4, -0.2) is 218 Å². The normalized spacial score (nSPS) is 22.8. The van der Waals surface area contributed by atoms with Crippen molar-refractivity contribution in [3.8, 4) is 0 Å². The predicted molar refractivity (Wildman–Crippen MR) is 315 cm³/mol. The number of hydrogen-bond donors (Lipinski definition) is 14. The fourth-order valence-corrected chi connectivity index (χ4v) is 12.5. The van der Waals surface area contributed by atoms with E-state index in [0.29, 0.717) is 44.2 Å². The molecule has 2 aromatic rings. The van der Waals surface area contributed by atoms with Gasteiger partial charge in [-0.05, 0) is 37.7 Å². The number of aliphatic carboxylic acids is 3. The summed E-state index contributed by atoms with van der Waals surface area (Å²) in [6.45, 7) is 3.31. The van der Waals surface area contributed by atoms with Crippen molar-refractivity contribution in [3.05, 3.63) is 47.8 Å². The van der Waals surface area contributed by atoms with Crippen LogP contribution in [-0.2, 0) is 86.4 Å². The summed E-state index contributed by atoms with van der Waals surface area (Å²) in [7, 11) is 3.33. The second kappa shape index (κ2) is 38.6. The molecule has 0 aliphatic carbocycles. The van der Waals surface area contributed by atoms with Gasteiger partial charge >= 0.3 is 17.9 Å². The van der Waals surface area contributed by atoms with Gasteiger partial charge < -0.3 is 84.1 Å². The van der Waals surface area contributed by atoms with Gasteiger partial charge in [0.1, 0.15) is 48.3 Å². The first-order valence-electron chi connectivity index (χ1n) is 27.1. The van der Waals surface area contributed by atoms with Gasteiger partial charge in [0.2, 0.25) is 53.2 Å². The molecule has 2 aliphatic rings. The SMILES string of the molecule is CCCOCCOCCn1cc(CCCC(=O)N[C@H]2CSSC[C@@H](C(=O)O)NC(=O)[C@H](Cc3ccccc3)NC(=O)[C@@H]3CSSC[C@H](NC(=O)[C@H](CC(=O)O)NC2=O)C(=O)N[C@@H](CCCN=C(N)N)C(=O)NCC(=O)N[C@@H](CC(=O)O)C(=O)N3)nn1. The zero-order chi connectivity index (χ0) is 63.0. The number of nitrogens with two attached hydrogens (primary N) is 2. The molecule has 1 aromatic carbocycles. The highest BCUT2D eigenvalue weighted by Gasteiger charge is 2.36. The number of aromatic nitrogens is 3. The van der Waals surface area contributed by atoms with Crippen LogP contribution >= 0.6 is 43.2 Å². The molecule has 32 nitrogen and oxygen atoms in total. The van der Waals surface area contributed by atoms with Crippen LogP contribution in [0.15, 0.2) is 41.5 Å². The van der Waals surface area contributed by atoms with Crippen LogP contribution in [0.25, 0.3) is 0 Å². The fourth-order valence-electron chi connectivity index (χ4n) is 7.84. The van der Waals surface area contributed by atoms with Gasteiger partial charge in [0, 0.05) is 55.2 Å². The molecule has 0 saturated carbocycles. The molecule has 2 fully saturated rings. The van der Waals surface area contributed by atoms with Gasteiger partial charge in [0.05, 0.1) is 51.4 Å². The lowest BCUT2D eigenvalue weighted by Crippen LogP contribution is -2.59. The molecule has 8 atom stereocenters. The van der Waals surface area contributed by atoms with Crippen LogP contribution in [0.2, 0.25) is 0 Å². The Kier molecular flexibility index (Phi) is 31.9. The summed E-state index contributed by atoms with van der Waals surface area (Å²) in [5, 5.41) is 60.0. The number of carbonyl (C=O) groups excluding carboxylic acids is 9. The Hall–Kier alpha value is -7.41. The van der Waals surface area contributed by atoms with E-state index in [1.54, 1.807) is 41.2 Å². The van der Waals surface area contributed by atoms with Crippen molar-refractivity contribution in [3.63, 3.8) is 0 Å². The molecule has 9 amide bonds. The Bertz CT molecular complexity index is 2680. The molecule has 2 aliphatic heterocycles. The third kappa shape index (κ3) is 27.3. The summed E-state index contributed by atoms with van der Waals surface area (Å²) < 4.78 is 12.5. The van der Waals surface area contributed by atoms with Crippen molar-refractivity contribution in [2.75, 3.05) is 62.5 Å². The van der Waals surface area contributed by atoms with Gasteiger partial charge in [0.15, 0.2) is 5.96 Å². The first kappa shape index (κ1) is 71.1. The number of rotatable bonds is 24. The van der Waals surface area contributed by atoms with Crippen LogP contribution in [0.4, 0.5) is 0 Å². The highest BCUT2D eigenvalue weighted by Crippen LogP contribution is 2.25. The van der Waals surface area contributed by atoms with Gasteiger partial charge in [-0.3, -0.25) is 57.7 Å². The highest BCUT2D eigenvalue weighted by atomic mass is 33.1. The number of nitrogens with zero attached hydrogens (tertiary/aromatic N) is 4. The Morgan fingerprint density at radius 1 is 0.674 bits per heavy atom. The Labute approximate surface area is 509 Å². The summed E-state index contributed by atoms with van der Waals surface area (Å²) >= 11 is 0. The number of carbonyl (C=O) groups is 12. The van der Waals surface area contributed by atoms with E-state index in [9.17, 15) is 72.9 Å². The standard InChI is InChI=1S/C50H73N15O17S4/c1-2-15-81-17-18-82-16-14-65-23-29(63-64-65)10-6-12-38(66)56-34-24-83-86-27-37(49(79)80)62-43(73)31(19-28-8-4-3-5-9-28)58-48(78)36-26-85-84-25-35(61-45(75)33(21-41(70)71)59-46(34)76)47(77)57-30(11-7-13-53-50(51)52)42(72)54-22-39(67)55-32(20-40(68)69)44(74)60-36/h3-5,8-9,23,30-37H,2,6-7,10-22,24-27H2,1H3,(H,54,72)(H,55,67)(H,56,66)(H,57,77)(H,58,78)(H,59,76)(H,60,74)(H,61,75)(H,62,73)(H,68,69)(H,70,71)(H,79,80)(H4,51,52,53)/t30-,31-,32-,33-,34-,35-,36-,37-/m0/s1. The number of carboxylic acids is 3. The lowest BCUT2D eigenvalue weighted by atomic mass is 10.0. The molecule has 2 saturated heterocycles. The smallest absolute Gasteiger partial charge is 0.327 e. The van der Waals surface area contributed by atoms with Crippen LogP contribution in [0.3, 0.4) is 0 Å². The Morgan fingerprint density at radius 2 is 1.26 bits per heavy atom. The minimum absolute atomic E-state index is 0.0390. The largest absolute Gasteiger partial charge is 0.481 e. The summed E-state index contributed by atoms with van der Waals surface area (Å²) in [4.78, 5) is 167. The van der Waals surface area contributed by atoms with E-state index < -0.39 is 150 Å². The fraction of sp³-hybridized carbons (Fsp3) is 0.580. The van der Waals surface area contributed by atoms with Crippen LogP contribution < -0.4 is 59.3 Å². The zero-order valence-electron chi connectivity index (χ0n) is 46.9. The summed E-state index contributed by atoms with van der Waals surface area (Å²) in [5.74, 6) is -15.8. The van der Waals surface area contributed by atoms with Crippen molar-refractivity contribution in [1.82, 2.24) is 62.8 Å². The number of fused-ring (bicyclic) bond motifs is 5. The number of aliphatic imine (C=N–C) groups is 1. The van der Waals surface area contributed by atoms with Gasteiger partial charge in [-0.2, -0.15) is 0 Å². The highest BCUT2D eigenvalue weighted by molar-refractivity contribution is 8.77. The minimum atomic E-state index is -1.94. The Balaban J connectivity index is 1.71. The van der Waals surface area contributed by atoms with Crippen LogP contribution in [0, 0.1) is 0 Å². The molecule has 36 heteroatoms. The molecule has 2 bridgehead atoms. The van der Waals surface area contributed by atoms with E-state index >= 15 is 0 Å². The first-order valence-corrected chi connectivity index (χ1v) is 32.1. The van der Waals surface area contributed by atoms with Crippen LogP contribution in [0.5, 0.6) is 0 Å². The number of benzene rings is 1. The molecule has 86 heavy (non-hydrogen) atoms. The van der Waals surface area contributed by atoms with Crippen molar-refractivity contribution >= 4 is 120 Å². The molecule has 0 unspecified atom stereocenters. The maximum Gasteiger partial charge on any atom is 0.327 e. The number of ether oxygens (including phenoxy) is 2. The van der Waals surface area contributed by atoms with Gasteiger partial charge in [-0.15, -0.1) is 5.10 Å². The monoisotopic (exact) mass is 1280 g/mol. The topological polar surface area (TPSA) is 487 Å². The zero-order valence-corrected chi connectivity index (χ0v) is 50.1. The van der Waals surface area contributed by atoms with E-state index in [0.717, 1.165) is 49.6 Å². The summed E-state index contributed by atoms with van der Waals surface area (Å²) in [5.41, 5.74) is 12.0. The predicted octanol–water partition coefficient (Wildman–Crippen LogP) is -3.84. The molecule has 4 rings (SSSR count). The van der Waals surface area contributed by atoms with Crippen molar-refractivity contribution in [1.29, 1.82) is 0 Å². The number of carboxylic acid groups (broad SMARTS) is 3. The molecular weight excluding hydrogens is 1210 g/mol. The second-order valence-corrected chi connectivity index (χ2v) is 24.3. The van der Waals surface area contributed by atoms with E-state index in [4.69, 9.17) is 20.9 Å². The lowest BCUT2D eigenvalue weighted by molar-refractivity contribution is -0.142. The number of guanidine groups is 1. The van der Waals surface area contributed by atoms with E-state index in [1.807, 2.05) is 6.92 Å². The minimum Gasteiger partial charge on any atom is -0.481 e. The van der Waals surface area contributed by atoms with Crippen molar-refractivity contribution in [2.45, 2.75) is 120 Å². The van der Waals surface area contributed by atoms with Crippen LogP contribution in [0.1, 0.15) is 63.1 Å². The average molecular weight is 1280 g/mol. The van der Waals surface area contributed by atoms with Gasteiger partial charge in [-0.1, -0.05) is 85.6 Å². The molecule has 474 valence electrons. The molecule has 0 spiro atoms. The maximum atomic E-state index is 14.4. The lowest BCUT2D eigenvalue weighted by Gasteiger charge is -2.27. The maximum absolute atomic E-state index is 14.4. The molecular formula is C50H73N15O17S4. The number of hydrogen-bond acceptors (Lipinski definition) is 21. The average Bonchev–Trinajstić information content (AvgIpc) is 4.00. The van der Waals surface area contributed by atoms with Gasteiger partial charge in [0.25, 0.3) is 0 Å². The number of aryl methyl sites for hydroxylation is 1.